The van der Waals surface area contributed by atoms with E-state index in [2.05, 4.69) is 0 Å². The SMILES string of the molecule is CC(Oc1cccc(Oc2ccc(C(F)(F)F)cc2)c1)C(=O)O. The van der Waals surface area contributed by atoms with Gasteiger partial charge in [0, 0.05) is 6.07 Å². The molecule has 4 nitrogen and oxygen atoms in total. The Kier molecular flexibility index (Phi) is 4.78. The Morgan fingerprint density at radius 2 is 1.65 bits per heavy atom. The number of aliphatic carboxylic acids is 1. The smallest absolute Gasteiger partial charge is 0.416 e. The molecular formula is C16H13F3O4. The third-order valence-corrected chi connectivity index (χ3v) is 2.88. The van der Waals surface area contributed by atoms with Crippen LogP contribution < -0.4 is 9.47 Å². The molecule has 0 aliphatic rings. The van der Waals surface area contributed by atoms with Gasteiger partial charge in [0.2, 0.25) is 0 Å². The standard InChI is InChI=1S/C16H13F3O4/c1-10(15(20)21)22-13-3-2-4-14(9-13)23-12-7-5-11(6-8-12)16(17,18)19/h2-10H,1H3,(H,20,21). The fraction of sp³-hybridized carbons (Fsp3) is 0.188. The third kappa shape index (κ3) is 4.64. The molecule has 0 aromatic heterocycles. The summed E-state index contributed by atoms with van der Waals surface area (Å²) in [5.74, 6) is -0.287. The summed E-state index contributed by atoms with van der Waals surface area (Å²) in [5.41, 5.74) is -0.766. The number of rotatable bonds is 5. The number of benzene rings is 2. The highest BCUT2D eigenvalue weighted by atomic mass is 19.4. The van der Waals surface area contributed by atoms with Crippen LogP contribution in [-0.2, 0) is 11.0 Å². The summed E-state index contributed by atoms with van der Waals surface area (Å²) in [6.07, 6.45) is -5.43. The normalized spacial score (nSPS) is 12.5. The van der Waals surface area contributed by atoms with Crippen molar-refractivity contribution < 1.29 is 32.5 Å². The van der Waals surface area contributed by atoms with Gasteiger partial charge in [-0.3, -0.25) is 0 Å². The molecule has 1 N–H and O–H groups in total. The Morgan fingerprint density at radius 3 is 2.22 bits per heavy atom. The summed E-state index contributed by atoms with van der Waals surface area (Å²) in [6.45, 7) is 1.38. The zero-order valence-electron chi connectivity index (χ0n) is 12.0. The van der Waals surface area contributed by atoms with Crippen molar-refractivity contribution in [2.75, 3.05) is 0 Å². The minimum atomic E-state index is -4.40. The lowest BCUT2D eigenvalue weighted by Crippen LogP contribution is -2.22. The summed E-state index contributed by atoms with van der Waals surface area (Å²) in [7, 11) is 0. The largest absolute Gasteiger partial charge is 0.479 e. The fourth-order valence-corrected chi connectivity index (χ4v) is 1.71. The Hall–Kier alpha value is -2.70. The molecule has 0 aliphatic carbocycles. The van der Waals surface area contributed by atoms with Crippen molar-refractivity contribution in [3.05, 3.63) is 54.1 Å². The number of hydrogen-bond acceptors (Lipinski definition) is 3. The molecule has 0 saturated heterocycles. The van der Waals surface area contributed by atoms with Gasteiger partial charge in [0.05, 0.1) is 5.56 Å². The lowest BCUT2D eigenvalue weighted by atomic mass is 10.2. The number of hydrogen-bond donors (Lipinski definition) is 1. The molecular weight excluding hydrogens is 313 g/mol. The van der Waals surface area contributed by atoms with Crippen LogP contribution in [0.15, 0.2) is 48.5 Å². The van der Waals surface area contributed by atoms with E-state index in [1.807, 2.05) is 0 Å². The summed E-state index contributed by atoms with van der Waals surface area (Å²) in [5, 5.41) is 8.79. The van der Waals surface area contributed by atoms with Crippen molar-refractivity contribution in [2.24, 2.45) is 0 Å². The average molecular weight is 326 g/mol. The quantitative estimate of drug-likeness (QED) is 0.887. The van der Waals surface area contributed by atoms with Crippen LogP contribution in [0.25, 0.3) is 0 Å². The van der Waals surface area contributed by atoms with Crippen LogP contribution in [0, 0.1) is 0 Å². The fourth-order valence-electron chi connectivity index (χ4n) is 1.71. The highest BCUT2D eigenvalue weighted by molar-refractivity contribution is 5.72. The molecule has 23 heavy (non-hydrogen) atoms. The van der Waals surface area contributed by atoms with Gasteiger partial charge in [0.25, 0.3) is 0 Å². The van der Waals surface area contributed by atoms with Crippen molar-refractivity contribution in [3.8, 4) is 17.2 Å². The van der Waals surface area contributed by atoms with E-state index in [1.165, 1.54) is 25.1 Å². The molecule has 0 bridgehead atoms. The Morgan fingerprint density at radius 1 is 1.04 bits per heavy atom. The van der Waals surface area contributed by atoms with Crippen molar-refractivity contribution in [2.45, 2.75) is 19.2 Å². The van der Waals surface area contributed by atoms with Crippen molar-refractivity contribution in [3.63, 3.8) is 0 Å². The van der Waals surface area contributed by atoms with Gasteiger partial charge in [-0.25, -0.2) is 4.79 Å². The molecule has 0 amide bonds. The Bertz CT molecular complexity index is 680. The van der Waals surface area contributed by atoms with Crippen molar-refractivity contribution in [1.82, 2.24) is 0 Å². The van der Waals surface area contributed by atoms with Gasteiger partial charge in [-0.1, -0.05) is 6.07 Å². The van der Waals surface area contributed by atoms with Gasteiger partial charge in [0.1, 0.15) is 17.2 Å². The Balaban J connectivity index is 2.10. The molecule has 1 unspecified atom stereocenters. The van der Waals surface area contributed by atoms with Crippen molar-refractivity contribution in [1.29, 1.82) is 0 Å². The lowest BCUT2D eigenvalue weighted by Gasteiger charge is -2.12. The summed E-state index contributed by atoms with van der Waals surface area (Å²) in [6, 6.07) is 10.4. The van der Waals surface area contributed by atoms with Crippen LogP contribution in [-0.4, -0.2) is 17.2 Å². The van der Waals surface area contributed by atoms with Crippen LogP contribution >= 0.6 is 0 Å². The van der Waals surface area contributed by atoms with Crippen LogP contribution in [0.4, 0.5) is 13.2 Å². The first-order valence-electron chi connectivity index (χ1n) is 6.60. The maximum atomic E-state index is 12.5. The molecule has 0 fully saturated rings. The minimum absolute atomic E-state index is 0.224. The van der Waals surface area contributed by atoms with E-state index in [9.17, 15) is 18.0 Å². The molecule has 7 heteroatoms. The maximum absolute atomic E-state index is 12.5. The second-order valence-corrected chi connectivity index (χ2v) is 4.70. The molecule has 0 spiro atoms. The molecule has 1 atom stereocenters. The highest BCUT2D eigenvalue weighted by Crippen LogP contribution is 2.32. The van der Waals surface area contributed by atoms with Gasteiger partial charge >= 0.3 is 12.1 Å². The van der Waals surface area contributed by atoms with E-state index >= 15 is 0 Å². The van der Waals surface area contributed by atoms with E-state index in [4.69, 9.17) is 14.6 Å². The first-order chi connectivity index (χ1) is 10.8. The number of alkyl halides is 3. The van der Waals surface area contributed by atoms with Crippen LogP contribution in [0.2, 0.25) is 0 Å². The topological polar surface area (TPSA) is 55.8 Å². The monoisotopic (exact) mass is 326 g/mol. The van der Waals surface area contributed by atoms with Crippen molar-refractivity contribution >= 4 is 5.97 Å². The lowest BCUT2D eigenvalue weighted by molar-refractivity contribution is -0.144. The number of halogens is 3. The number of carboxylic acid groups (broad SMARTS) is 1. The highest BCUT2D eigenvalue weighted by Gasteiger charge is 2.30. The molecule has 0 aliphatic heterocycles. The molecule has 2 aromatic carbocycles. The van der Waals surface area contributed by atoms with Crippen LogP contribution in [0.3, 0.4) is 0 Å². The zero-order valence-corrected chi connectivity index (χ0v) is 12.0. The first kappa shape index (κ1) is 16.7. The van der Waals surface area contributed by atoms with E-state index < -0.39 is 23.8 Å². The maximum Gasteiger partial charge on any atom is 0.416 e. The summed E-state index contributed by atoms with van der Waals surface area (Å²) < 4.78 is 48.1. The molecule has 2 aromatic rings. The minimum Gasteiger partial charge on any atom is -0.479 e. The average Bonchev–Trinajstić information content (AvgIpc) is 2.47. The molecule has 0 saturated carbocycles. The van der Waals surface area contributed by atoms with Gasteiger partial charge in [-0.05, 0) is 43.3 Å². The van der Waals surface area contributed by atoms with Gasteiger partial charge in [-0.15, -0.1) is 0 Å². The Labute approximate surface area is 130 Å². The molecule has 0 heterocycles. The molecule has 2 rings (SSSR count). The van der Waals surface area contributed by atoms with Crippen LogP contribution in [0.5, 0.6) is 17.2 Å². The number of carbonyl (C=O) groups is 1. The second kappa shape index (κ2) is 6.60. The van der Waals surface area contributed by atoms with Gasteiger partial charge < -0.3 is 14.6 Å². The van der Waals surface area contributed by atoms with E-state index in [0.29, 0.717) is 5.75 Å². The molecule has 122 valence electrons. The summed E-state index contributed by atoms with van der Waals surface area (Å²) in [4.78, 5) is 10.7. The zero-order chi connectivity index (χ0) is 17.0. The predicted molar refractivity (Wildman–Crippen MR) is 75.7 cm³/mol. The van der Waals surface area contributed by atoms with E-state index in [1.54, 1.807) is 18.2 Å². The predicted octanol–water partition coefficient (Wildman–Crippen LogP) is 4.35. The van der Waals surface area contributed by atoms with Crippen LogP contribution in [0.1, 0.15) is 12.5 Å². The number of carboxylic acids is 1. The van der Waals surface area contributed by atoms with E-state index in [-0.39, 0.29) is 11.5 Å². The number of ether oxygens (including phenoxy) is 2. The van der Waals surface area contributed by atoms with Gasteiger partial charge in [0.15, 0.2) is 6.10 Å². The third-order valence-electron chi connectivity index (χ3n) is 2.88. The van der Waals surface area contributed by atoms with Gasteiger partial charge in [-0.2, -0.15) is 13.2 Å². The summed E-state index contributed by atoms with van der Waals surface area (Å²) >= 11 is 0. The molecule has 0 radical (unpaired) electrons. The van der Waals surface area contributed by atoms with E-state index in [0.717, 1.165) is 12.1 Å². The second-order valence-electron chi connectivity index (χ2n) is 4.70. The first-order valence-corrected chi connectivity index (χ1v) is 6.60.